The molecule has 12 heavy (non-hydrogen) atoms. The molecule has 0 fully saturated rings. The molecule has 0 spiro atoms. The van der Waals surface area contributed by atoms with Crippen LogP contribution in [0.15, 0.2) is 24.3 Å². The molecular weight excluding hydrogens is 298 g/mol. The first kappa shape index (κ1) is 12.9. The van der Waals surface area contributed by atoms with Crippen molar-refractivity contribution >= 4 is 29.0 Å². The zero-order chi connectivity index (χ0) is 8.27. The molecular formula is C7H6IKO3. The number of rotatable bonds is 2. The molecule has 0 amide bonds. The van der Waals surface area contributed by atoms with Crippen molar-refractivity contribution in [3.8, 4) is 5.75 Å². The van der Waals surface area contributed by atoms with Gasteiger partial charge in [0.2, 0.25) is 0 Å². The number of para-hydroxylation sites is 1. The number of hydrogen-bond donors (Lipinski definition) is 1. The SMILES string of the molecule is O=C(O)c1ccccc1OI.[H-].[K+]. The summed E-state index contributed by atoms with van der Waals surface area (Å²) in [6.07, 6.45) is 0. The normalized spacial score (nSPS) is 8.42. The van der Waals surface area contributed by atoms with E-state index >= 15 is 0 Å². The molecule has 0 unspecified atom stereocenters. The average molecular weight is 304 g/mol. The Hall–Kier alpha value is 0.856. The fraction of sp³-hybridized carbons (Fsp3) is 0. The Morgan fingerprint density at radius 2 is 2.08 bits per heavy atom. The molecule has 3 nitrogen and oxygen atoms in total. The average Bonchev–Trinajstić information content (AvgIpc) is 2.04. The third-order valence-corrected chi connectivity index (χ3v) is 1.68. The van der Waals surface area contributed by atoms with Crippen molar-refractivity contribution in [1.82, 2.24) is 0 Å². The van der Waals surface area contributed by atoms with E-state index in [1.807, 2.05) is 0 Å². The molecule has 60 valence electrons. The summed E-state index contributed by atoms with van der Waals surface area (Å²) < 4.78 is 4.80. The summed E-state index contributed by atoms with van der Waals surface area (Å²) in [5, 5.41) is 8.61. The molecule has 0 bridgehead atoms. The summed E-state index contributed by atoms with van der Waals surface area (Å²) >= 11 is 1.65. The van der Waals surface area contributed by atoms with Crippen LogP contribution < -0.4 is 54.5 Å². The van der Waals surface area contributed by atoms with Crippen molar-refractivity contribution in [3.05, 3.63) is 29.8 Å². The number of benzene rings is 1. The molecule has 0 saturated carbocycles. The Bertz CT molecular complexity index is 282. The van der Waals surface area contributed by atoms with Crippen molar-refractivity contribution in [2.75, 3.05) is 0 Å². The number of aromatic carboxylic acids is 1. The van der Waals surface area contributed by atoms with Crippen LogP contribution in [-0.4, -0.2) is 11.1 Å². The van der Waals surface area contributed by atoms with Crippen LogP contribution in [0.1, 0.15) is 11.8 Å². The predicted molar refractivity (Wildman–Crippen MR) is 49.2 cm³/mol. The molecule has 1 rings (SSSR count). The maximum absolute atomic E-state index is 10.5. The van der Waals surface area contributed by atoms with Gasteiger partial charge in [-0.3, -0.25) is 0 Å². The predicted octanol–water partition coefficient (Wildman–Crippen LogP) is -0.770. The van der Waals surface area contributed by atoms with E-state index in [1.165, 1.54) is 6.07 Å². The van der Waals surface area contributed by atoms with E-state index in [0.717, 1.165) is 0 Å². The van der Waals surface area contributed by atoms with Crippen LogP contribution in [0, 0.1) is 0 Å². The Balaban J connectivity index is 0. The summed E-state index contributed by atoms with van der Waals surface area (Å²) in [6, 6.07) is 6.48. The zero-order valence-corrected chi connectivity index (χ0v) is 11.7. The minimum Gasteiger partial charge on any atom is -1.00 e. The van der Waals surface area contributed by atoms with Gasteiger partial charge in [-0.15, -0.1) is 0 Å². The van der Waals surface area contributed by atoms with E-state index in [1.54, 1.807) is 41.2 Å². The van der Waals surface area contributed by atoms with Crippen LogP contribution in [0.2, 0.25) is 0 Å². The molecule has 0 radical (unpaired) electrons. The second-order valence-electron chi connectivity index (χ2n) is 1.88. The van der Waals surface area contributed by atoms with Crippen LogP contribution >= 0.6 is 23.0 Å². The molecule has 5 heteroatoms. The third-order valence-electron chi connectivity index (χ3n) is 1.20. The van der Waals surface area contributed by atoms with Crippen LogP contribution in [0.4, 0.5) is 0 Å². The Labute approximate surface area is 128 Å². The molecule has 1 aromatic rings. The van der Waals surface area contributed by atoms with E-state index < -0.39 is 5.97 Å². The van der Waals surface area contributed by atoms with E-state index in [2.05, 4.69) is 0 Å². The quantitative estimate of drug-likeness (QED) is 0.577. The van der Waals surface area contributed by atoms with Crippen LogP contribution in [0.25, 0.3) is 0 Å². The van der Waals surface area contributed by atoms with E-state index in [0.29, 0.717) is 5.75 Å². The fourth-order valence-corrected chi connectivity index (χ4v) is 1.09. The van der Waals surface area contributed by atoms with Gasteiger partial charge < -0.3 is 9.60 Å². The van der Waals surface area contributed by atoms with Crippen LogP contribution in [-0.2, 0) is 0 Å². The van der Waals surface area contributed by atoms with Gasteiger partial charge in [0.1, 0.15) is 11.3 Å². The Kier molecular flexibility index (Phi) is 6.78. The van der Waals surface area contributed by atoms with Gasteiger partial charge in [-0.05, 0) is 12.1 Å². The smallest absolute Gasteiger partial charge is 1.00 e. The van der Waals surface area contributed by atoms with Gasteiger partial charge in [-0.2, -0.15) is 0 Å². The van der Waals surface area contributed by atoms with Gasteiger partial charge >= 0.3 is 57.4 Å². The molecule has 0 saturated heterocycles. The Morgan fingerprint density at radius 3 is 2.50 bits per heavy atom. The van der Waals surface area contributed by atoms with Gasteiger partial charge in [-0.25, -0.2) is 4.79 Å². The fourth-order valence-electron chi connectivity index (χ4n) is 0.711. The van der Waals surface area contributed by atoms with Gasteiger partial charge in [-0.1, -0.05) is 12.1 Å². The Morgan fingerprint density at radius 1 is 1.50 bits per heavy atom. The van der Waals surface area contributed by atoms with Crippen molar-refractivity contribution in [1.29, 1.82) is 0 Å². The number of carboxylic acids is 1. The van der Waals surface area contributed by atoms with Gasteiger partial charge in [0.05, 0.1) is 0 Å². The van der Waals surface area contributed by atoms with Gasteiger partial charge in [0.25, 0.3) is 0 Å². The first-order chi connectivity index (χ1) is 5.25. The van der Waals surface area contributed by atoms with E-state index in [9.17, 15) is 4.79 Å². The zero-order valence-electron chi connectivity index (χ0n) is 7.45. The van der Waals surface area contributed by atoms with Gasteiger partial charge in [0, 0.05) is 0 Å². The maximum atomic E-state index is 10.5. The van der Waals surface area contributed by atoms with Crippen molar-refractivity contribution < 1.29 is 65.8 Å². The molecule has 1 N–H and O–H groups in total. The topological polar surface area (TPSA) is 46.5 Å². The summed E-state index contributed by atoms with van der Waals surface area (Å²) in [5.74, 6) is -0.599. The van der Waals surface area contributed by atoms with Crippen LogP contribution in [0.3, 0.4) is 0 Å². The molecule has 0 aromatic heterocycles. The van der Waals surface area contributed by atoms with E-state index in [-0.39, 0.29) is 58.4 Å². The first-order valence-electron chi connectivity index (χ1n) is 2.86. The third kappa shape index (κ3) is 3.31. The number of carbonyl (C=O) groups is 1. The van der Waals surface area contributed by atoms with Crippen molar-refractivity contribution in [3.63, 3.8) is 0 Å². The second kappa shape index (κ2) is 6.33. The molecule has 0 aliphatic rings. The monoisotopic (exact) mass is 304 g/mol. The summed E-state index contributed by atoms with van der Waals surface area (Å²) in [5.41, 5.74) is 0.182. The van der Waals surface area contributed by atoms with Crippen molar-refractivity contribution in [2.45, 2.75) is 0 Å². The minimum absolute atomic E-state index is 0. The second-order valence-corrected chi connectivity index (χ2v) is 2.32. The first-order valence-corrected chi connectivity index (χ1v) is 3.74. The standard InChI is InChI=1S/C7H5IO3.K.H/c8-11-6-4-2-1-3-5(6)7(9)10;;/h1-4H,(H,9,10);;/q;+1;-1. The summed E-state index contributed by atoms with van der Waals surface area (Å²) in [7, 11) is 0. The largest absolute Gasteiger partial charge is 1.00 e. The van der Waals surface area contributed by atoms with E-state index in [4.69, 9.17) is 8.17 Å². The molecule has 1 aromatic carbocycles. The number of carboxylic acid groups (broad SMARTS) is 1. The molecule has 0 aliphatic carbocycles. The van der Waals surface area contributed by atoms with Crippen LogP contribution in [0.5, 0.6) is 5.75 Å². The molecule has 0 aliphatic heterocycles. The number of hydrogen-bond acceptors (Lipinski definition) is 2. The molecule has 0 atom stereocenters. The summed E-state index contributed by atoms with van der Waals surface area (Å²) in [6.45, 7) is 0. The number of halogens is 1. The van der Waals surface area contributed by atoms with Gasteiger partial charge in [0.15, 0.2) is 23.0 Å². The minimum atomic E-state index is -0.975. The van der Waals surface area contributed by atoms with Crippen molar-refractivity contribution in [2.24, 2.45) is 0 Å². The maximum Gasteiger partial charge on any atom is 1.00 e. The molecule has 0 heterocycles. The summed E-state index contributed by atoms with van der Waals surface area (Å²) in [4.78, 5) is 10.5.